The molecule has 2 aromatic rings. The van der Waals surface area contributed by atoms with Crippen molar-refractivity contribution in [2.24, 2.45) is 17.8 Å². The predicted octanol–water partition coefficient (Wildman–Crippen LogP) is 5.22. The lowest BCUT2D eigenvalue weighted by Crippen LogP contribution is -2.48. The molecule has 0 atom stereocenters. The zero-order chi connectivity index (χ0) is 21.8. The lowest BCUT2D eigenvalue weighted by atomic mass is 9.48. The molecule has 0 aromatic heterocycles. The van der Waals surface area contributed by atoms with E-state index in [1.807, 2.05) is 12.1 Å². The van der Waals surface area contributed by atoms with Crippen molar-refractivity contribution in [1.29, 1.82) is 0 Å². The lowest BCUT2D eigenvalue weighted by Gasteiger charge is -2.57. The van der Waals surface area contributed by atoms with Crippen LogP contribution in [0.4, 0.5) is 17.1 Å². The van der Waals surface area contributed by atoms with Gasteiger partial charge in [0.1, 0.15) is 0 Å². The van der Waals surface area contributed by atoms with Crippen molar-refractivity contribution in [2.75, 3.05) is 5.32 Å². The molecule has 8 heteroatoms. The van der Waals surface area contributed by atoms with Gasteiger partial charge in [0.15, 0.2) is 0 Å². The largest absolute Gasteiger partial charge is 0.322 e. The molecule has 31 heavy (non-hydrogen) atoms. The molecule has 160 valence electrons. The Bertz CT molecular complexity index is 1010. The average Bonchev–Trinajstić information content (AvgIpc) is 2.72. The van der Waals surface area contributed by atoms with Gasteiger partial charge in [-0.2, -0.15) is 0 Å². The van der Waals surface area contributed by atoms with Gasteiger partial charge in [0, 0.05) is 17.8 Å². The third-order valence-electron chi connectivity index (χ3n) is 7.38. The Morgan fingerprint density at radius 3 is 1.77 bits per heavy atom. The highest BCUT2D eigenvalue weighted by molar-refractivity contribution is 6.05. The number of hydrogen-bond acceptors (Lipinski definition) is 5. The van der Waals surface area contributed by atoms with Gasteiger partial charge in [0.25, 0.3) is 17.3 Å². The smallest absolute Gasteiger partial charge is 0.277 e. The van der Waals surface area contributed by atoms with Crippen LogP contribution in [0.3, 0.4) is 0 Å². The quantitative estimate of drug-likeness (QED) is 0.525. The SMILES string of the molecule is O=C(Nc1ccc(C23CC4CC(CC(C4)C2)C3)cc1)c1cc([N+](=O)[O-])cc([N+](=O)[O-])c1. The zero-order valence-electron chi connectivity index (χ0n) is 17.0. The van der Waals surface area contributed by atoms with Crippen LogP contribution >= 0.6 is 0 Å². The van der Waals surface area contributed by atoms with E-state index in [1.54, 1.807) is 0 Å². The summed E-state index contributed by atoms with van der Waals surface area (Å²) >= 11 is 0. The number of benzene rings is 2. The van der Waals surface area contributed by atoms with Crippen LogP contribution in [0.15, 0.2) is 42.5 Å². The molecule has 4 fully saturated rings. The number of carbonyl (C=O) groups is 1. The zero-order valence-corrected chi connectivity index (χ0v) is 17.0. The molecule has 4 saturated carbocycles. The first kappa shape index (κ1) is 19.7. The molecule has 0 saturated heterocycles. The predicted molar refractivity (Wildman–Crippen MR) is 114 cm³/mol. The maximum Gasteiger partial charge on any atom is 0.277 e. The van der Waals surface area contributed by atoms with E-state index in [4.69, 9.17) is 0 Å². The maximum atomic E-state index is 12.6. The Labute approximate surface area is 179 Å². The van der Waals surface area contributed by atoms with Crippen LogP contribution in [0, 0.1) is 38.0 Å². The van der Waals surface area contributed by atoms with Crippen LogP contribution in [0.1, 0.15) is 54.4 Å². The van der Waals surface area contributed by atoms with E-state index in [2.05, 4.69) is 17.4 Å². The number of rotatable bonds is 5. The fourth-order valence-corrected chi connectivity index (χ4v) is 6.51. The summed E-state index contributed by atoms with van der Waals surface area (Å²) in [5.41, 5.74) is 1.06. The first-order valence-corrected chi connectivity index (χ1v) is 10.7. The number of amides is 1. The summed E-state index contributed by atoms with van der Waals surface area (Å²) in [5.74, 6) is 1.91. The van der Waals surface area contributed by atoms with E-state index in [0.29, 0.717) is 5.69 Å². The summed E-state index contributed by atoms with van der Waals surface area (Å²) in [5, 5.41) is 24.8. The van der Waals surface area contributed by atoms with E-state index in [0.717, 1.165) is 36.0 Å². The Morgan fingerprint density at radius 1 is 0.839 bits per heavy atom. The third-order valence-corrected chi connectivity index (χ3v) is 7.38. The lowest BCUT2D eigenvalue weighted by molar-refractivity contribution is -0.394. The van der Waals surface area contributed by atoms with Gasteiger partial charge in [-0.1, -0.05) is 12.1 Å². The van der Waals surface area contributed by atoms with Crippen LogP contribution < -0.4 is 5.32 Å². The van der Waals surface area contributed by atoms with Gasteiger partial charge in [0.05, 0.1) is 21.5 Å². The second kappa shape index (κ2) is 7.14. The molecule has 1 N–H and O–H groups in total. The summed E-state index contributed by atoms with van der Waals surface area (Å²) < 4.78 is 0. The monoisotopic (exact) mass is 421 g/mol. The highest BCUT2D eigenvalue weighted by Gasteiger charge is 2.51. The van der Waals surface area contributed by atoms with Gasteiger partial charge in [-0.25, -0.2) is 0 Å². The molecule has 4 aliphatic rings. The summed E-state index contributed by atoms with van der Waals surface area (Å²) in [6, 6.07) is 10.8. The Morgan fingerprint density at radius 2 is 1.32 bits per heavy atom. The second-order valence-electron chi connectivity index (χ2n) is 9.48. The van der Waals surface area contributed by atoms with E-state index < -0.39 is 27.1 Å². The van der Waals surface area contributed by atoms with Crippen molar-refractivity contribution < 1.29 is 14.6 Å². The minimum atomic E-state index is -0.746. The van der Waals surface area contributed by atoms with Gasteiger partial charge < -0.3 is 5.32 Å². The molecule has 4 bridgehead atoms. The van der Waals surface area contributed by atoms with Gasteiger partial charge in [-0.3, -0.25) is 25.0 Å². The van der Waals surface area contributed by atoms with Crippen LogP contribution in [0.5, 0.6) is 0 Å². The van der Waals surface area contributed by atoms with E-state index >= 15 is 0 Å². The van der Waals surface area contributed by atoms with Gasteiger partial charge in [-0.15, -0.1) is 0 Å². The van der Waals surface area contributed by atoms with Gasteiger partial charge >= 0.3 is 0 Å². The normalized spacial score (nSPS) is 28.3. The maximum absolute atomic E-state index is 12.6. The molecule has 0 heterocycles. The third kappa shape index (κ3) is 3.56. The van der Waals surface area contributed by atoms with Crippen molar-refractivity contribution in [3.8, 4) is 0 Å². The van der Waals surface area contributed by atoms with Crippen molar-refractivity contribution in [2.45, 2.75) is 43.9 Å². The van der Waals surface area contributed by atoms with Crippen LogP contribution in [-0.4, -0.2) is 15.8 Å². The molecule has 0 spiro atoms. The number of nitro groups is 2. The number of carbonyl (C=O) groups excluding carboxylic acids is 1. The first-order valence-electron chi connectivity index (χ1n) is 10.7. The topological polar surface area (TPSA) is 115 Å². The number of hydrogen-bond donors (Lipinski definition) is 1. The van der Waals surface area contributed by atoms with Crippen molar-refractivity contribution in [1.82, 2.24) is 0 Å². The fraction of sp³-hybridized carbons (Fsp3) is 0.435. The summed E-state index contributed by atoms with van der Waals surface area (Å²) in [6.45, 7) is 0. The second-order valence-corrected chi connectivity index (χ2v) is 9.48. The Balaban J connectivity index is 1.35. The summed E-state index contributed by atoms with van der Waals surface area (Å²) in [4.78, 5) is 33.2. The minimum Gasteiger partial charge on any atom is -0.322 e. The van der Waals surface area contributed by atoms with Crippen molar-refractivity contribution in [3.05, 3.63) is 73.8 Å². The number of non-ortho nitro benzene ring substituents is 2. The molecule has 6 rings (SSSR count). The number of anilines is 1. The van der Waals surface area contributed by atoms with Crippen LogP contribution in [0.25, 0.3) is 0 Å². The van der Waals surface area contributed by atoms with Crippen LogP contribution in [-0.2, 0) is 5.41 Å². The molecule has 2 aromatic carbocycles. The minimum absolute atomic E-state index is 0.119. The molecular weight excluding hydrogens is 398 g/mol. The van der Waals surface area contributed by atoms with Gasteiger partial charge in [-0.05, 0) is 79.4 Å². The van der Waals surface area contributed by atoms with Crippen molar-refractivity contribution in [3.63, 3.8) is 0 Å². The highest BCUT2D eigenvalue weighted by Crippen LogP contribution is 2.60. The molecular formula is C23H23N3O5. The summed E-state index contributed by atoms with van der Waals surface area (Å²) in [6.07, 6.45) is 7.89. The first-order chi connectivity index (χ1) is 14.8. The van der Waals surface area contributed by atoms with E-state index in [1.165, 1.54) is 44.1 Å². The molecule has 8 nitrogen and oxygen atoms in total. The number of nitrogens with one attached hydrogen (secondary N) is 1. The Hall–Kier alpha value is -3.29. The molecule has 0 aliphatic heterocycles. The van der Waals surface area contributed by atoms with Crippen LogP contribution in [0.2, 0.25) is 0 Å². The van der Waals surface area contributed by atoms with Gasteiger partial charge in [0.2, 0.25) is 0 Å². The number of nitrogens with zero attached hydrogens (tertiary/aromatic N) is 2. The Kier molecular flexibility index (Phi) is 4.53. The average molecular weight is 421 g/mol. The highest BCUT2D eigenvalue weighted by atomic mass is 16.6. The molecule has 4 aliphatic carbocycles. The number of nitro benzene ring substituents is 2. The fourth-order valence-electron chi connectivity index (χ4n) is 6.51. The molecule has 1 amide bonds. The van der Waals surface area contributed by atoms with E-state index in [-0.39, 0.29) is 11.0 Å². The standard InChI is InChI=1S/C23H23N3O5/c27-22(17-8-20(25(28)29)10-21(9-17)26(30)31)24-19-3-1-18(2-4-19)23-11-14-5-15(12-23)7-16(6-14)13-23/h1-4,8-10,14-16H,5-7,11-13H2,(H,24,27). The summed E-state index contributed by atoms with van der Waals surface area (Å²) in [7, 11) is 0. The van der Waals surface area contributed by atoms with Crippen molar-refractivity contribution >= 4 is 23.0 Å². The molecule has 0 unspecified atom stereocenters. The van der Waals surface area contributed by atoms with E-state index in [9.17, 15) is 25.0 Å². The molecule has 0 radical (unpaired) electrons.